The second-order valence-corrected chi connectivity index (χ2v) is 6.88. The predicted molar refractivity (Wildman–Crippen MR) is 107 cm³/mol. The molecule has 1 atom stereocenters. The van der Waals surface area contributed by atoms with Crippen LogP contribution in [0, 0.1) is 13.8 Å². The van der Waals surface area contributed by atoms with E-state index in [0.29, 0.717) is 0 Å². The third-order valence-electron chi connectivity index (χ3n) is 4.51. The molecule has 0 radical (unpaired) electrons. The smallest absolute Gasteiger partial charge is 0.246 e. The van der Waals surface area contributed by atoms with Crippen LogP contribution in [0.5, 0.6) is 0 Å². The van der Waals surface area contributed by atoms with Gasteiger partial charge in [0.15, 0.2) is 0 Å². The number of morpholine rings is 1. The Hall–Kier alpha value is -2.53. The lowest BCUT2D eigenvalue weighted by Gasteiger charge is -2.29. The van der Waals surface area contributed by atoms with Gasteiger partial charge in [-0.05, 0) is 68.3 Å². The maximum absolute atomic E-state index is 12.5. The van der Waals surface area contributed by atoms with Crippen LogP contribution < -0.4 is 15.5 Å². The van der Waals surface area contributed by atoms with Crippen LogP contribution in [-0.2, 0) is 9.53 Å². The molecule has 5 heteroatoms. The second kappa shape index (κ2) is 8.23. The van der Waals surface area contributed by atoms with Gasteiger partial charge in [0.05, 0.1) is 13.2 Å². The molecule has 2 N–H and O–H groups in total. The lowest BCUT2D eigenvalue weighted by molar-refractivity contribution is -0.116. The number of benzene rings is 2. The zero-order valence-corrected chi connectivity index (χ0v) is 15.7. The Bertz CT molecular complexity index is 732. The topological polar surface area (TPSA) is 53.6 Å². The first-order chi connectivity index (χ1) is 12.5. The summed E-state index contributed by atoms with van der Waals surface area (Å²) in [5, 5.41) is 6.25. The fourth-order valence-electron chi connectivity index (χ4n) is 3.20. The zero-order chi connectivity index (χ0) is 18.5. The second-order valence-electron chi connectivity index (χ2n) is 6.88. The average Bonchev–Trinajstić information content (AvgIpc) is 2.62. The van der Waals surface area contributed by atoms with Crippen molar-refractivity contribution in [3.8, 4) is 0 Å². The third kappa shape index (κ3) is 4.76. The first-order valence-electron chi connectivity index (χ1n) is 9.10. The maximum atomic E-state index is 12.5. The van der Waals surface area contributed by atoms with Gasteiger partial charge in [0.2, 0.25) is 5.91 Å². The molecule has 1 aliphatic heterocycles. The van der Waals surface area contributed by atoms with Gasteiger partial charge >= 0.3 is 0 Å². The molecule has 1 aliphatic rings. The molecule has 1 fully saturated rings. The van der Waals surface area contributed by atoms with Gasteiger partial charge < -0.3 is 20.3 Å². The van der Waals surface area contributed by atoms with E-state index >= 15 is 0 Å². The van der Waals surface area contributed by atoms with Crippen LogP contribution in [0.2, 0.25) is 0 Å². The summed E-state index contributed by atoms with van der Waals surface area (Å²) in [6.07, 6.45) is 0. The van der Waals surface area contributed by atoms with Gasteiger partial charge in [0.25, 0.3) is 0 Å². The van der Waals surface area contributed by atoms with Crippen molar-refractivity contribution in [2.45, 2.75) is 26.8 Å². The van der Waals surface area contributed by atoms with Crippen molar-refractivity contribution in [1.29, 1.82) is 0 Å². The molecule has 1 unspecified atom stereocenters. The molecule has 0 bridgehead atoms. The third-order valence-corrected chi connectivity index (χ3v) is 4.51. The van der Waals surface area contributed by atoms with Crippen molar-refractivity contribution < 1.29 is 9.53 Å². The normalized spacial score (nSPS) is 15.4. The van der Waals surface area contributed by atoms with Crippen molar-refractivity contribution in [1.82, 2.24) is 0 Å². The van der Waals surface area contributed by atoms with E-state index < -0.39 is 0 Å². The number of nitrogens with zero attached hydrogens (tertiary/aromatic N) is 1. The van der Waals surface area contributed by atoms with E-state index in [0.717, 1.165) is 43.4 Å². The number of hydrogen-bond acceptors (Lipinski definition) is 4. The highest BCUT2D eigenvalue weighted by atomic mass is 16.5. The standard InChI is InChI=1S/C21H27N3O2/c1-15-12-16(2)14-19(13-15)22-17(3)21(25)23-18-4-6-20(7-5-18)24-8-10-26-11-9-24/h4-7,12-14,17,22H,8-11H2,1-3H3,(H,23,25). The fraction of sp³-hybridized carbons (Fsp3) is 0.381. The summed E-state index contributed by atoms with van der Waals surface area (Å²) in [7, 11) is 0. The van der Waals surface area contributed by atoms with Crippen molar-refractivity contribution in [3.63, 3.8) is 0 Å². The van der Waals surface area contributed by atoms with Crippen LogP contribution >= 0.6 is 0 Å². The summed E-state index contributed by atoms with van der Waals surface area (Å²) in [5.41, 5.74) is 5.29. The molecular formula is C21H27N3O2. The Labute approximate surface area is 155 Å². The molecule has 1 heterocycles. The molecule has 0 saturated carbocycles. The van der Waals surface area contributed by atoms with Gasteiger partial charge in [0.1, 0.15) is 6.04 Å². The number of carbonyl (C=O) groups is 1. The molecule has 1 amide bonds. The molecule has 2 aromatic rings. The van der Waals surface area contributed by atoms with Crippen molar-refractivity contribution in [2.24, 2.45) is 0 Å². The van der Waals surface area contributed by atoms with E-state index in [2.05, 4.69) is 35.4 Å². The predicted octanol–water partition coefficient (Wildman–Crippen LogP) is 3.58. The molecule has 0 aromatic heterocycles. The quantitative estimate of drug-likeness (QED) is 0.863. The minimum absolute atomic E-state index is 0.0525. The number of hydrogen-bond donors (Lipinski definition) is 2. The summed E-state index contributed by atoms with van der Waals surface area (Å²) in [4.78, 5) is 14.8. The summed E-state index contributed by atoms with van der Waals surface area (Å²) < 4.78 is 5.38. The van der Waals surface area contributed by atoms with Crippen molar-refractivity contribution in [2.75, 3.05) is 41.8 Å². The van der Waals surface area contributed by atoms with Gasteiger partial charge in [-0.1, -0.05) is 6.07 Å². The van der Waals surface area contributed by atoms with Gasteiger partial charge in [-0.25, -0.2) is 0 Å². The Balaban J connectivity index is 1.58. The van der Waals surface area contributed by atoms with E-state index in [1.807, 2.05) is 43.3 Å². The van der Waals surface area contributed by atoms with Gasteiger partial charge in [-0.15, -0.1) is 0 Å². The minimum atomic E-state index is -0.324. The SMILES string of the molecule is Cc1cc(C)cc(NC(C)C(=O)Nc2ccc(N3CCOCC3)cc2)c1. The number of rotatable bonds is 5. The van der Waals surface area contributed by atoms with Crippen molar-refractivity contribution >= 4 is 23.0 Å². The summed E-state index contributed by atoms with van der Waals surface area (Å²) in [6, 6.07) is 13.9. The van der Waals surface area contributed by atoms with E-state index in [1.54, 1.807) is 0 Å². The van der Waals surface area contributed by atoms with Crippen LogP contribution in [0.1, 0.15) is 18.1 Å². The van der Waals surface area contributed by atoms with Crippen LogP contribution in [0.4, 0.5) is 17.1 Å². The number of anilines is 3. The molecule has 1 saturated heterocycles. The highest BCUT2D eigenvalue weighted by molar-refractivity contribution is 5.96. The van der Waals surface area contributed by atoms with Crippen LogP contribution in [0.3, 0.4) is 0 Å². The Morgan fingerprint density at radius 3 is 2.23 bits per heavy atom. The monoisotopic (exact) mass is 353 g/mol. The van der Waals surface area contributed by atoms with Gasteiger partial charge in [0, 0.05) is 30.2 Å². The Morgan fingerprint density at radius 1 is 1.00 bits per heavy atom. The van der Waals surface area contributed by atoms with E-state index in [-0.39, 0.29) is 11.9 Å². The molecule has 0 aliphatic carbocycles. The first kappa shape index (κ1) is 18.3. The van der Waals surface area contributed by atoms with Crippen molar-refractivity contribution in [3.05, 3.63) is 53.6 Å². The summed E-state index contributed by atoms with van der Waals surface area (Å²) >= 11 is 0. The molecule has 0 spiro atoms. The Kier molecular flexibility index (Phi) is 5.78. The highest BCUT2D eigenvalue weighted by Gasteiger charge is 2.14. The lowest BCUT2D eigenvalue weighted by Crippen LogP contribution is -2.36. The summed E-state index contributed by atoms with van der Waals surface area (Å²) in [6.45, 7) is 9.32. The van der Waals surface area contributed by atoms with E-state index in [1.165, 1.54) is 11.1 Å². The van der Waals surface area contributed by atoms with Gasteiger partial charge in [-0.3, -0.25) is 4.79 Å². The molecule has 138 valence electrons. The highest BCUT2D eigenvalue weighted by Crippen LogP contribution is 2.20. The minimum Gasteiger partial charge on any atom is -0.378 e. The number of ether oxygens (including phenoxy) is 1. The van der Waals surface area contributed by atoms with Gasteiger partial charge in [-0.2, -0.15) is 0 Å². The zero-order valence-electron chi connectivity index (χ0n) is 15.7. The van der Waals surface area contributed by atoms with Crippen LogP contribution in [0.25, 0.3) is 0 Å². The summed E-state index contributed by atoms with van der Waals surface area (Å²) in [5.74, 6) is -0.0525. The first-order valence-corrected chi connectivity index (χ1v) is 9.10. The number of nitrogens with one attached hydrogen (secondary N) is 2. The van der Waals surface area contributed by atoms with Crippen LogP contribution in [-0.4, -0.2) is 38.3 Å². The fourth-order valence-corrected chi connectivity index (χ4v) is 3.20. The molecule has 3 rings (SSSR count). The molecule has 26 heavy (non-hydrogen) atoms. The Morgan fingerprint density at radius 2 is 1.62 bits per heavy atom. The largest absolute Gasteiger partial charge is 0.378 e. The maximum Gasteiger partial charge on any atom is 0.246 e. The molecule has 5 nitrogen and oxygen atoms in total. The molecule has 2 aromatic carbocycles. The number of aryl methyl sites for hydroxylation is 2. The van der Waals surface area contributed by atoms with E-state index in [4.69, 9.17) is 4.74 Å². The van der Waals surface area contributed by atoms with E-state index in [9.17, 15) is 4.79 Å². The number of amides is 1. The van der Waals surface area contributed by atoms with Crippen LogP contribution in [0.15, 0.2) is 42.5 Å². The number of carbonyl (C=O) groups excluding carboxylic acids is 1. The average molecular weight is 353 g/mol. The lowest BCUT2D eigenvalue weighted by atomic mass is 10.1. The molecular weight excluding hydrogens is 326 g/mol.